The van der Waals surface area contributed by atoms with E-state index < -0.39 is 11.8 Å². The van der Waals surface area contributed by atoms with Gasteiger partial charge in [-0.1, -0.05) is 6.07 Å². The van der Waals surface area contributed by atoms with Crippen LogP contribution < -0.4 is 48.5 Å². The second-order valence-electron chi connectivity index (χ2n) is 7.89. The quantitative estimate of drug-likeness (QED) is 0.181. The summed E-state index contributed by atoms with van der Waals surface area (Å²) in [5.41, 5.74) is 2.40. The van der Waals surface area contributed by atoms with Crippen LogP contribution in [0.5, 0.6) is 23.0 Å². The van der Waals surface area contributed by atoms with Crippen molar-refractivity contribution < 1.29 is 64.6 Å². The van der Waals surface area contributed by atoms with Crippen LogP contribution in [0.1, 0.15) is 22.9 Å². The zero-order valence-corrected chi connectivity index (χ0v) is 24.4. The van der Waals surface area contributed by atoms with Gasteiger partial charge in [0, 0.05) is 17.6 Å². The van der Waals surface area contributed by atoms with Gasteiger partial charge in [0.15, 0.2) is 17.3 Å². The van der Waals surface area contributed by atoms with Crippen LogP contribution in [-0.4, -0.2) is 54.0 Å². The van der Waals surface area contributed by atoms with Crippen molar-refractivity contribution in [1.82, 2.24) is 8.75 Å². The molecule has 0 atom stereocenters. The first-order chi connectivity index (χ1) is 17.9. The van der Waals surface area contributed by atoms with E-state index in [2.05, 4.69) is 8.75 Å². The molecule has 3 aromatic carbocycles. The summed E-state index contributed by atoms with van der Waals surface area (Å²) in [4.78, 5) is 26.5. The molecule has 4 aromatic rings. The minimum atomic E-state index is -1.24. The number of Topliss-reactive ketones (excluding diaryl/α,β-unsaturated/α-hetero) is 1. The Labute approximate surface area is 247 Å². The average molecular weight is 545 g/mol. The second kappa shape index (κ2) is 12.9. The molecule has 0 saturated carbocycles. The van der Waals surface area contributed by atoms with E-state index in [4.69, 9.17) is 18.9 Å². The fraction of sp³-hybridized carbons (Fsp3) is 0.185. The van der Waals surface area contributed by atoms with E-state index in [-0.39, 0.29) is 48.6 Å². The summed E-state index contributed by atoms with van der Waals surface area (Å²) in [6.07, 6.45) is -0.0173. The Kier molecular flexibility index (Phi) is 9.87. The van der Waals surface area contributed by atoms with E-state index in [9.17, 15) is 14.7 Å². The molecular formula is C27H25N2NaO7S. The molecule has 11 heteroatoms. The second-order valence-corrected chi connectivity index (χ2v) is 8.42. The molecule has 0 fully saturated rings. The maximum atomic E-state index is 13.8. The van der Waals surface area contributed by atoms with Crippen LogP contribution in [0.4, 0.5) is 0 Å². The number of ether oxygens (including phenoxy) is 4. The first-order valence-corrected chi connectivity index (χ1v) is 11.8. The predicted octanol–water partition coefficient (Wildman–Crippen LogP) is 1.81. The van der Waals surface area contributed by atoms with Crippen LogP contribution in [-0.2, 0) is 11.2 Å². The molecule has 9 nitrogen and oxygen atoms in total. The summed E-state index contributed by atoms with van der Waals surface area (Å²) in [5, 5.41) is 10.3. The Balaban J connectivity index is 0.00000267. The minimum absolute atomic E-state index is 0. The third-order valence-electron chi connectivity index (χ3n) is 5.79. The number of ketones is 1. The average Bonchev–Trinajstić information content (AvgIpc) is 3.39. The van der Waals surface area contributed by atoms with Crippen molar-refractivity contribution in [3.8, 4) is 23.0 Å². The number of hydrogen-bond donors (Lipinski definition) is 1. The number of nitrogens with zero attached hydrogens (tertiary/aromatic N) is 2. The Bertz CT molecular complexity index is 1480. The molecule has 0 saturated heterocycles. The normalized spacial score (nSPS) is 11.3. The molecule has 1 heterocycles. The summed E-state index contributed by atoms with van der Waals surface area (Å²) in [7, 11) is 5.99. The number of benzene rings is 3. The van der Waals surface area contributed by atoms with Crippen molar-refractivity contribution in [2.24, 2.45) is 0 Å². The van der Waals surface area contributed by atoms with Gasteiger partial charge in [-0.2, -0.15) is 8.75 Å². The number of aromatic nitrogens is 2. The molecular weight excluding hydrogens is 519 g/mol. The van der Waals surface area contributed by atoms with Gasteiger partial charge in [-0.05, 0) is 59.7 Å². The molecule has 0 amide bonds. The van der Waals surface area contributed by atoms with Crippen LogP contribution in [0, 0.1) is 0 Å². The van der Waals surface area contributed by atoms with E-state index in [1.165, 1.54) is 28.4 Å². The third-order valence-corrected chi connectivity index (χ3v) is 6.35. The number of carboxylic acids is 1. The number of carboxylic acid groups (broad SMARTS) is 1. The molecule has 0 radical (unpaired) electrons. The molecule has 1 aromatic heterocycles. The van der Waals surface area contributed by atoms with E-state index in [0.29, 0.717) is 50.7 Å². The number of fused-ring (bicyclic) bond motifs is 1. The fourth-order valence-corrected chi connectivity index (χ4v) is 4.52. The smallest absolute Gasteiger partial charge is 1.00 e. The topological polar surface area (TPSA) is 117 Å². The summed E-state index contributed by atoms with van der Waals surface area (Å²) in [6, 6.07) is 14.8. The standard InChI is InChI=1S/C27H24N2O7S.Na.H/c1-33-18-8-5-16(6-9-18)25(30)19(11-15-12-22(34-2)26(36-4)23(13-15)35-3)24(27(31)32)17-7-10-20-21(14-17)29-37-28-20;;/h5-10,12-14H,11H2,1-4H3,(H,31,32);;/q;+1;-1/b24-19-;;. The zero-order valence-electron chi connectivity index (χ0n) is 22.6. The van der Waals surface area contributed by atoms with Crippen molar-refractivity contribution in [2.75, 3.05) is 28.4 Å². The summed E-state index contributed by atoms with van der Waals surface area (Å²) < 4.78 is 29.9. The molecule has 0 spiro atoms. The van der Waals surface area contributed by atoms with Gasteiger partial charge in [-0.25, -0.2) is 4.79 Å². The first kappa shape index (κ1) is 29.1. The van der Waals surface area contributed by atoms with Gasteiger partial charge >= 0.3 is 35.5 Å². The maximum Gasteiger partial charge on any atom is 1.00 e. The molecule has 192 valence electrons. The van der Waals surface area contributed by atoms with Crippen molar-refractivity contribution in [3.05, 3.63) is 76.9 Å². The van der Waals surface area contributed by atoms with Crippen LogP contribution in [0.3, 0.4) is 0 Å². The Hall–Kier alpha value is -3.44. The fourth-order valence-electron chi connectivity index (χ4n) is 4.00. The van der Waals surface area contributed by atoms with E-state index in [1.807, 2.05) is 0 Å². The van der Waals surface area contributed by atoms with Gasteiger partial charge < -0.3 is 25.5 Å². The molecule has 4 rings (SSSR count). The molecule has 0 aliphatic rings. The number of methoxy groups -OCH3 is 4. The van der Waals surface area contributed by atoms with Crippen molar-refractivity contribution >= 4 is 40.1 Å². The summed E-state index contributed by atoms with van der Waals surface area (Å²) in [6.45, 7) is 0. The van der Waals surface area contributed by atoms with E-state index in [0.717, 1.165) is 11.7 Å². The van der Waals surface area contributed by atoms with E-state index in [1.54, 1.807) is 54.6 Å². The number of carbonyl (C=O) groups is 2. The Morgan fingerprint density at radius 1 is 0.816 bits per heavy atom. The van der Waals surface area contributed by atoms with Crippen LogP contribution in [0.2, 0.25) is 0 Å². The monoisotopic (exact) mass is 544 g/mol. The Morgan fingerprint density at radius 3 is 1.97 bits per heavy atom. The van der Waals surface area contributed by atoms with Crippen LogP contribution in [0.15, 0.2) is 60.2 Å². The maximum absolute atomic E-state index is 13.8. The molecule has 1 N–H and O–H groups in total. The number of allylic oxidation sites excluding steroid dienone is 1. The van der Waals surface area contributed by atoms with Crippen LogP contribution in [0.25, 0.3) is 16.6 Å². The van der Waals surface area contributed by atoms with Gasteiger partial charge in [0.1, 0.15) is 16.8 Å². The summed E-state index contributed by atoms with van der Waals surface area (Å²) in [5.74, 6) is 0.0596. The van der Waals surface area contributed by atoms with E-state index >= 15 is 0 Å². The molecule has 0 aliphatic heterocycles. The minimum Gasteiger partial charge on any atom is -1.00 e. The first-order valence-electron chi connectivity index (χ1n) is 11.1. The van der Waals surface area contributed by atoms with Gasteiger partial charge in [0.25, 0.3) is 0 Å². The van der Waals surface area contributed by atoms with Gasteiger partial charge in [-0.3, -0.25) is 4.79 Å². The predicted molar refractivity (Wildman–Crippen MR) is 140 cm³/mol. The van der Waals surface area contributed by atoms with Crippen molar-refractivity contribution in [1.29, 1.82) is 0 Å². The Morgan fingerprint density at radius 2 is 1.42 bits per heavy atom. The van der Waals surface area contributed by atoms with Crippen molar-refractivity contribution in [2.45, 2.75) is 6.42 Å². The molecule has 0 bridgehead atoms. The van der Waals surface area contributed by atoms with Gasteiger partial charge in [-0.15, -0.1) is 0 Å². The van der Waals surface area contributed by atoms with Crippen LogP contribution >= 0.6 is 11.7 Å². The number of hydrogen-bond acceptors (Lipinski definition) is 9. The zero-order chi connectivity index (χ0) is 26.5. The number of aliphatic carboxylic acids is 1. The van der Waals surface area contributed by atoms with Gasteiger partial charge in [0.05, 0.1) is 45.7 Å². The van der Waals surface area contributed by atoms with Crippen molar-refractivity contribution in [3.63, 3.8) is 0 Å². The SMILES string of the molecule is COc1ccc(C(=O)/C(Cc2cc(OC)c(OC)c(OC)c2)=C(\C(=O)O)c2ccc3nsnc3c2)cc1.[H-].[Na+]. The largest absolute Gasteiger partial charge is 1.00 e. The molecule has 0 aliphatic carbocycles. The third kappa shape index (κ3) is 5.99. The molecule has 0 unspecified atom stereocenters. The summed E-state index contributed by atoms with van der Waals surface area (Å²) >= 11 is 1.03. The molecule has 38 heavy (non-hydrogen) atoms. The van der Waals surface area contributed by atoms with Gasteiger partial charge in [0.2, 0.25) is 5.75 Å². The number of rotatable bonds is 10. The number of carbonyl (C=O) groups excluding carboxylic acids is 1.